The van der Waals surface area contributed by atoms with Gasteiger partial charge in [0.2, 0.25) is 5.91 Å². The van der Waals surface area contributed by atoms with Crippen LogP contribution in [0.3, 0.4) is 0 Å². The van der Waals surface area contributed by atoms with E-state index in [4.69, 9.17) is 18.9 Å². The van der Waals surface area contributed by atoms with Crippen molar-refractivity contribution in [1.29, 1.82) is 0 Å². The van der Waals surface area contributed by atoms with E-state index >= 15 is 0 Å². The van der Waals surface area contributed by atoms with Gasteiger partial charge < -0.3 is 65.1 Å². The predicted octanol–water partition coefficient (Wildman–Crippen LogP) is 5.21. The van der Waals surface area contributed by atoms with Crippen molar-refractivity contribution in [2.45, 2.75) is 254 Å². The number of ether oxygens (including phenoxy) is 4. The fourth-order valence-electron chi connectivity index (χ4n) is 8.00. The van der Waals surface area contributed by atoms with Crippen LogP contribution in [0.15, 0.2) is 12.2 Å². The maximum Gasteiger partial charge on any atom is 0.220 e. The van der Waals surface area contributed by atoms with Gasteiger partial charge in [0.15, 0.2) is 12.6 Å². The first-order chi connectivity index (χ1) is 29.1. The Labute approximate surface area is 361 Å². The Hall–Kier alpha value is -1.27. The zero-order valence-electron chi connectivity index (χ0n) is 37.2. The van der Waals surface area contributed by atoms with Gasteiger partial charge in [0.25, 0.3) is 0 Å². The molecule has 354 valence electrons. The molecular formula is C46H87NO13. The highest BCUT2D eigenvalue weighted by molar-refractivity contribution is 5.76. The van der Waals surface area contributed by atoms with Gasteiger partial charge in [0, 0.05) is 6.42 Å². The standard InChI is InChI=1S/C46H87NO13/c1-3-5-7-9-11-13-15-17-19-21-23-25-27-29-35(50)34(47-38(51)30-28-26-24-22-20-18-16-14-12-10-8-6-4-2)33-57-45-43(56)41(54)44(37(32-49)59-45)60-46-42(55)40(53)39(52)36(31-48)58-46/h27,29,34-37,39-46,48-50,52-56H,3-26,28,30-33H2,1-2H3,(H,47,51)/b29-27+/t34-,35+,36-,37-,39+,40+,41-,42-,43-,44-,45-,46+/m1/s1. The summed E-state index contributed by atoms with van der Waals surface area (Å²) in [5.74, 6) is -0.240. The first-order valence-electron chi connectivity index (χ1n) is 23.9. The Bertz CT molecular complexity index is 1070. The molecule has 14 heteroatoms. The van der Waals surface area contributed by atoms with Crippen LogP contribution in [-0.2, 0) is 23.7 Å². The summed E-state index contributed by atoms with van der Waals surface area (Å²) in [6.07, 6.45) is 16.8. The van der Waals surface area contributed by atoms with Crippen LogP contribution in [0.5, 0.6) is 0 Å². The predicted molar refractivity (Wildman–Crippen MR) is 231 cm³/mol. The number of unbranched alkanes of at least 4 members (excludes halogenated alkanes) is 23. The highest BCUT2D eigenvalue weighted by atomic mass is 16.7. The molecule has 2 heterocycles. The Balaban J connectivity index is 1.89. The zero-order chi connectivity index (χ0) is 44.0. The van der Waals surface area contributed by atoms with Crippen molar-refractivity contribution < 1.29 is 64.6 Å². The van der Waals surface area contributed by atoms with Crippen molar-refractivity contribution in [2.24, 2.45) is 0 Å². The molecule has 0 saturated carbocycles. The van der Waals surface area contributed by atoms with E-state index in [1.54, 1.807) is 6.08 Å². The van der Waals surface area contributed by atoms with Gasteiger partial charge in [-0.15, -0.1) is 0 Å². The van der Waals surface area contributed by atoms with Crippen LogP contribution >= 0.6 is 0 Å². The number of allylic oxidation sites excluding steroid dienone is 1. The summed E-state index contributed by atoms with van der Waals surface area (Å²) in [7, 11) is 0. The topological polar surface area (TPSA) is 228 Å². The Morgan fingerprint density at radius 3 is 1.53 bits per heavy atom. The monoisotopic (exact) mass is 862 g/mol. The summed E-state index contributed by atoms with van der Waals surface area (Å²) >= 11 is 0. The van der Waals surface area contributed by atoms with Gasteiger partial charge >= 0.3 is 0 Å². The first kappa shape index (κ1) is 54.9. The number of rotatable bonds is 36. The van der Waals surface area contributed by atoms with E-state index < -0.39 is 86.8 Å². The number of hydrogen-bond donors (Lipinski definition) is 9. The molecule has 12 atom stereocenters. The Kier molecular flexibility index (Phi) is 31.3. The third-order valence-electron chi connectivity index (χ3n) is 12.0. The number of aliphatic hydroxyl groups is 8. The molecular weight excluding hydrogens is 774 g/mol. The molecule has 2 aliphatic rings. The normalized spacial score (nSPS) is 28.3. The number of hydrogen-bond acceptors (Lipinski definition) is 13. The van der Waals surface area contributed by atoms with Crippen molar-refractivity contribution in [2.75, 3.05) is 19.8 Å². The molecule has 0 aromatic carbocycles. The molecule has 2 saturated heterocycles. The molecule has 14 nitrogen and oxygen atoms in total. The number of carbonyl (C=O) groups is 1. The van der Waals surface area contributed by atoms with Gasteiger partial charge in [-0.05, 0) is 19.3 Å². The minimum Gasteiger partial charge on any atom is -0.394 e. The van der Waals surface area contributed by atoms with E-state index in [0.717, 1.165) is 38.5 Å². The first-order valence-corrected chi connectivity index (χ1v) is 23.9. The van der Waals surface area contributed by atoms with Crippen molar-refractivity contribution in [3.8, 4) is 0 Å². The molecule has 0 radical (unpaired) electrons. The number of carbonyl (C=O) groups excluding carboxylic acids is 1. The molecule has 0 unspecified atom stereocenters. The van der Waals surface area contributed by atoms with Crippen LogP contribution in [0, 0.1) is 0 Å². The molecule has 0 aliphatic carbocycles. The van der Waals surface area contributed by atoms with Crippen molar-refractivity contribution >= 4 is 5.91 Å². The molecule has 1 amide bonds. The number of nitrogens with one attached hydrogen (secondary N) is 1. The lowest BCUT2D eigenvalue weighted by molar-refractivity contribution is -0.359. The van der Waals surface area contributed by atoms with E-state index in [1.807, 2.05) is 6.08 Å². The second-order valence-corrected chi connectivity index (χ2v) is 17.2. The van der Waals surface area contributed by atoms with Crippen LogP contribution in [0.25, 0.3) is 0 Å². The summed E-state index contributed by atoms with van der Waals surface area (Å²) in [6.45, 7) is 2.77. The lowest BCUT2D eigenvalue weighted by Gasteiger charge is -2.46. The molecule has 0 aromatic heterocycles. The molecule has 0 aromatic rings. The molecule has 2 aliphatic heterocycles. The van der Waals surface area contributed by atoms with Gasteiger partial charge in [-0.2, -0.15) is 0 Å². The molecule has 2 fully saturated rings. The fraction of sp³-hybridized carbons (Fsp3) is 0.935. The lowest BCUT2D eigenvalue weighted by Crippen LogP contribution is -2.65. The van der Waals surface area contributed by atoms with E-state index in [0.29, 0.717) is 6.42 Å². The summed E-state index contributed by atoms with van der Waals surface area (Å²) in [5, 5.41) is 86.5. The van der Waals surface area contributed by atoms with Gasteiger partial charge in [0.05, 0.1) is 32.0 Å². The summed E-state index contributed by atoms with van der Waals surface area (Å²) in [6, 6.07) is -0.906. The van der Waals surface area contributed by atoms with E-state index in [9.17, 15) is 45.6 Å². The summed E-state index contributed by atoms with van der Waals surface area (Å²) in [5.41, 5.74) is 0. The quantitative estimate of drug-likeness (QED) is 0.0292. The minimum absolute atomic E-state index is 0.240. The second-order valence-electron chi connectivity index (χ2n) is 17.2. The van der Waals surface area contributed by atoms with Gasteiger partial charge in [0.1, 0.15) is 48.8 Å². The molecule has 2 rings (SSSR count). The fourth-order valence-corrected chi connectivity index (χ4v) is 8.00. The van der Waals surface area contributed by atoms with E-state index in [1.165, 1.54) is 116 Å². The van der Waals surface area contributed by atoms with Crippen LogP contribution < -0.4 is 5.32 Å². The highest BCUT2D eigenvalue weighted by Gasteiger charge is 2.51. The van der Waals surface area contributed by atoms with Crippen molar-refractivity contribution in [3.63, 3.8) is 0 Å². The van der Waals surface area contributed by atoms with Crippen molar-refractivity contribution in [1.82, 2.24) is 5.32 Å². The number of amides is 1. The van der Waals surface area contributed by atoms with Crippen molar-refractivity contribution in [3.05, 3.63) is 12.2 Å². The van der Waals surface area contributed by atoms with Crippen LogP contribution in [0.2, 0.25) is 0 Å². The third-order valence-corrected chi connectivity index (χ3v) is 12.0. The van der Waals surface area contributed by atoms with Crippen LogP contribution in [-0.4, -0.2) is 140 Å². The zero-order valence-corrected chi connectivity index (χ0v) is 37.2. The number of aliphatic hydroxyl groups excluding tert-OH is 8. The van der Waals surface area contributed by atoms with E-state index in [-0.39, 0.29) is 18.9 Å². The van der Waals surface area contributed by atoms with Gasteiger partial charge in [-0.25, -0.2) is 0 Å². The molecule has 60 heavy (non-hydrogen) atoms. The lowest BCUT2D eigenvalue weighted by atomic mass is 9.97. The van der Waals surface area contributed by atoms with Crippen LogP contribution in [0.4, 0.5) is 0 Å². The summed E-state index contributed by atoms with van der Waals surface area (Å²) < 4.78 is 22.6. The maximum absolute atomic E-state index is 13.1. The maximum atomic E-state index is 13.1. The van der Waals surface area contributed by atoms with Gasteiger partial charge in [-0.3, -0.25) is 4.79 Å². The van der Waals surface area contributed by atoms with E-state index in [2.05, 4.69) is 19.2 Å². The smallest absolute Gasteiger partial charge is 0.220 e. The average Bonchev–Trinajstić information content (AvgIpc) is 3.24. The summed E-state index contributed by atoms with van der Waals surface area (Å²) in [4.78, 5) is 13.1. The molecule has 9 N–H and O–H groups in total. The Morgan fingerprint density at radius 2 is 1.03 bits per heavy atom. The largest absolute Gasteiger partial charge is 0.394 e. The van der Waals surface area contributed by atoms with Gasteiger partial charge in [-0.1, -0.05) is 167 Å². The molecule has 0 bridgehead atoms. The average molecular weight is 862 g/mol. The minimum atomic E-state index is -1.78. The SMILES string of the molecule is CCCCCCCCCCCCC/C=C/[C@H](O)[C@@H](CO[C@@H]1O[C@H](CO)[C@@H](O[C@@H]2O[C@H](CO)[C@H](O)[C@H](O)[C@H]2O)[C@H](O)[C@H]1O)NC(=O)CCCCCCCCCCCCCCC. The third kappa shape index (κ3) is 21.9. The highest BCUT2D eigenvalue weighted by Crippen LogP contribution is 2.30. The second kappa shape index (κ2) is 34.2. The Morgan fingerprint density at radius 1 is 0.583 bits per heavy atom. The van der Waals surface area contributed by atoms with Crippen LogP contribution in [0.1, 0.15) is 181 Å². The molecule has 0 spiro atoms.